The third-order valence-corrected chi connectivity index (χ3v) is 2.25. The number of nitrogens with two attached hydrogens (primary N) is 1. The Morgan fingerprint density at radius 1 is 1.05 bits per heavy atom. The van der Waals surface area contributed by atoms with E-state index in [4.69, 9.17) is 25.3 Å². The first-order chi connectivity index (χ1) is 7.91. The summed E-state index contributed by atoms with van der Waals surface area (Å²) < 4.78 is 27.8. The van der Waals surface area contributed by atoms with Gasteiger partial charge in [0.15, 0.2) is 0 Å². The minimum Gasteiger partial charge on any atom is -1.00 e. The Bertz CT molecular complexity index is 428. The molecular weight excluding hydrogens is 342 g/mol. The van der Waals surface area contributed by atoms with Crippen LogP contribution >= 0.6 is 15.6 Å². The zero-order valence-corrected chi connectivity index (χ0v) is 16.5. The molecule has 0 aromatic heterocycles. The molecule has 15 heteroatoms. The largest absolute Gasteiger partial charge is 1.00 e. The molecule has 110 valence electrons. The predicted octanol–water partition coefficient (Wildman–Crippen LogP) is -7.40. The summed E-state index contributed by atoms with van der Waals surface area (Å²) in [6.07, 6.45) is -1.10. The first-order valence-electron chi connectivity index (χ1n) is 4.23. The van der Waals surface area contributed by atoms with Crippen LogP contribution in [0.4, 0.5) is 0 Å². The van der Waals surface area contributed by atoms with Crippen molar-refractivity contribution in [2.45, 2.75) is 18.9 Å². The van der Waals surface area contributed by atoms with Gasteiger partial charge in [-0.15, -0.1) is 0 Å². The van der Waals surface area contributed by atoms with Gasteiger partial charge in [-0.2, -0.15) is 0 Å². The average molecular weight is 355 g/mol. The molecule has 0 saturated heterocycles. The Hall–Kier alpha value is 1.20. The number of hydrogen-bond acceptors (Lipinski definition) is 7. The van der Waals surface area contributed by atoms with Gasteiger partial charge in [-0.1, -0.05) is 0 Å². The van der Waals surface area contributed by atoms with Crippen LogP contribution in [0.3, 0.4) is 0 Å². The van der Waals surface area contributed by atoms with E-state index in [1.54, 1.807) is 0 Å². The van der Waals surface area contributed by atoms with Crippen LogP contribution in [0.25, 0.3) is 0 Å². The van der Waals surface area contributed by atoms with E-state index in [1.165, 1.54) is 0 Å². The number of rotatable bonds is 6. The second kappa shape index (κ2) is 10.8. The molecule has 0 aliphatic rings. The van der Waals surface area contributed by atoms with Crippen LogP contribution in [0.1, 0.15) is 15.7 Å². The molecule has 0 rings (SSSR count). The van der Waals surface area contributed by atoms with E-state index in [0.29, 0.717) is 0 Å². The molecule has 0 radical (unpaired) electrons. The summed E-state index contributed by atoms with van der Waals surface area (Å²) in [5.74, 6) is -2.77. The molecule has 0 fully saturated rings. The van der Waals surface area contributed by atoms with Crippen molar-refractivity contribution in [2.24, 2.45) is 5.73 Å². The van der Waals surface area contributed by atoms with Crippen LogP contribution in [0, 0.1) is 0 Å². The molecule has 0 aliphatic heterocycles. The van der Waals surface area contributed by atoms with Gasteiger partial charge >= 0.3 is 86.7 Å². The molecule has 0 spiro atoms. The second-order valence-corrected chi connectivity index (χ2v) is 5.33. The summed E-state index contributed by atoms with van der Waals surface area (Å²) in [5.41, 5.74) is 5.12. The fourth-order valence-corrected chi connectivity index (χ4v) is 1.48. The van der Waals surface area contributed by atoms with E-state index in [-0.39, 0.29) is 62.0 Å². The fraction of sp³-hybridized carbons (Fsp3) is 0.600. The topological polar surface area (TPSA) is 194 Å². The summed E-state index contributed by atoms with van der Waals surface area (Å²) in [7, 11) is -10.00. The van der Waals surface area contributed by atoms with Gasteiger partial charge in [0.05, 0.1) is 0 Å². The molecule has 6 N–H and O–H groups in total. The van der Waals surface area contributed by atoms with Gasteiger partial charge in [0, 0.05) is 6.42 Å². The Morgan fingerprint density at radius 3 is 1.80 bits per heavy atom. The van der Waals surface area contributed by atoms with Gasteiger partial charge in [-0.3, -0.25) is 24.4 Å². The summed E-state index contributed by atoms with van der Waals surface area (Å²) in [4.78, 5) is 54.8. The maximum absolute atomic E-state index is 10.9. The Kier molecular flexibility index (Phi) is 14.2. The molecule has 0 aliphatic carbocycles. The molecule has 0 bridgehead atoms. The SMILES string of the molecule is N[C@@H](CCC(=O)OP(=O)(O)O)C(=O)OP(=O)(O)O.[H-].[H-].[Na+].[Na+]. The number of phosphoric acid groups is 2. The van der Waals surface area contributed by atoms with Crippen LogP contribution in [0.5, 0.6) is 0 Å². The molecule has 1 atom stereocenters. The number of hydrogen-bond donors (Lipinski definition) is 5. The van der Waals surface area contributed by atoms with Gasteiger partial charge in [0.1, 0.15) is 6.04 Å². The molecule has 0 aromatic rings. The minimum atomic E-state index is -5.03. The Balaban J connectivity index is -0.000000241. The zero-order valence-electron chi connectivity index (χ0n) is 12.7. The molecule has 20 heavy (non-hydrogen) atoms. The summed E-state index contributed by atoms with van der Waals surface area (Å²) in [6.45, 7) is 0. The van der Waals surface area contributed by atoms with Gasteiger partial charge in [0.2, 0.25) is 0 Å². The normalized spacial score (nSPS) is 12.4. The minimum absolute atomic E-state index is 0. The van der Waals surface area contributed by atoms with E-state index in [9.17, 15) is 18.7 Å². The van der Waals surface area contributed by atoms with Crippen LogP contribution in [0.15, 0.2) is 0 Å². The van der Waals surface area contributed by atoms with Gasteiger partial charge in [0.25, 0.3) is 0 Å². The van der Waals surface area contributed by atoms with Crippen LogP contribution in [-0.2, 0) is 27.8 Å². The molecular formula is C5H13NNa2O10P2. The molecule has 0 aromatic carbocycles. The van der Waals surface area contributed by atoms with E-state index >= 15 is 0 Å². The Morgan fingerprint density at radius 2 is 1.45 bits per heavy atom. The maximum atomic E-state index is 10.9. The average Bonchev–Trinajstić information content (AvgIpc) is 2.08. The third-order valence-electron chi connectivity index (χ3n) is 1.39. The van der Waals surface area contributed by atoms with Crippen molar-refractivity contribution in [2.75, 3.05) is 0 Å². The zero-order chi connectivity index (χ0) is 14.6. The second-order valence-electron chi connectivity index (χ2n) is 3.00. The monoisotopic (exact) mass is 355 g/mol. The summed E-state index contributed by atoms with van der Waals surface area (Å²) in [5, 5.41) is 0. The fourth-order valence-electron chi connectivity index (χ4n) is 0.754. The van der Waals surface area contributed by atoms with Crippen molar-refractivity contribution in [3.63, 3.8) is 0 Å². The van der Waals surface area contributed by atoms with E-state index in [2.05, 4.69) is 9.05 Å². The van der Waals surface area contributed by atoms with Gasteiger partial charge < -0.3 is 17.6 Å². The molecule has 11 nitrogen and oxygen atoms in total. The first-order valence-corrected chi connectivity index (χ1v) is 7.29. The van der Waals surface area contributed by atoms with E-state index < -0.39 is 46.5 Å². The van der Waals surface area contributed by atoms with Gasteiger partial charge in [-0.25, -0.2) is 13.9 Å². The number of carbonyl (C=O) groups is 2. The smallest absolute Gasteiger partial charge is 1.00 e. The van der Waals surface area contributed by atoms with Crippen molar-refractivity contribution in [3.8, 4) is 0 Å². The van der Waals surface area contributed by atoms with E-state index in [0.717, 1.165) is 0 Å². The molecule has 0 saturated carbocycles. The number of phosphoric ester groups is 2. The van der Waals surface area contributed by atoms with Crippen molar-refractivity contribution < 1.29 is 109 Å². The van der Waals surface area contributed by atoms with Crippen LogP contribution < -0.4 is 64.8 Å². The van der Waals surface area contributed by atoms with Crippen molar-refractivity contribution in [1.82, 2.24) is 0 Å². The van der Waals surface area contributed by atoms with Crippen molar-refractivity contribution >= 4 is 27.6 Å². The van der Waals surface area contributed by atoms with Gasteiger partial charge in [-0.05, 0) is 6.42 Å². The summed E-state index contributed by atoms with van der Waals surface area (Å²) >= 11 is 0. The van der Waals surface area contributed by atoms with Crippen LogP contribution in [0.2, 0.25) is 0 Å². The van der Waals surface area contributed by atoms with Crippen molar-refractivity contribution in [1.29, 1.82) is 0 Å². The van der Waals surface area contributed by atoms with Crippen LogP contribution in [-0.4, -0.2) is 37.6 Å². The van der Waals surface area contributed by atoms with Crippen molar-refractivity contribution in [3.05, 3.63) is 0 Å². The third kappa shape index (κ3) is 15.6. The molecule has 0 heterocycles. The standard InChI is InChI=1S/C5H11NO10P2.2Na.2H/c6-3(5(8)16-18(12,13)14)1-2-4(7)15-17(9,10)11;;;;/h3H,1-2,6H2,(H2,9,10,11)(H2,12,13,14);;;;/q;2*+1;2*-1/t3-;;;;/m0..../s1. The first kappa shape index (κ1) is 26.1. The number of carbonyl (C=O) groups excluding carboxylic acids is 2. The molecule has 0 unspecified atom stereocenters. The quantitative estimate of drug-likeness (QED) is 0.224. The Labute approximate surface area is 160 Å². The summed E-state index contributed by atoms with van der Waals surface area (Å²) in [6, 6.07) is -1.54. The molecule has 0 amide bonds. The predicted molar refractivity (Wildman–Crippen MR) is 55.7 cm³/mol. The van der Waals surface area contributed by atoms with E-state index in [1.807, 2.05) is 0 Å². The maximum Gasteiger partial charge on any atom is 1.00 e.